The van der Waals surface area contributed by atoms with Crippen LogP contribution in [-0.4, -0.2) is 12.6 Å². The van der Waals surface area contributed by atoms with Crippen molar-refractivity contribution in [2.45, 2.75) is 72.8 Å². The summed E-state index contributed by atoms with van der Waals surface area (Å²) in [4.78, 5) is 0. The lowest BCUT2D eigenvalue weighted by Crippen LogP contribution is -2.40. The number of hydrogen-bond donors (Lipinski definition) is 1. The molecule has 1 atom stereocenters. The third kappa shape index (κ3) is 6.09. The summed E-state index contributed by atoms with van der Waals surface area (Å²) in [5, 5.41) is 3.71. The number of aryl methyl sites for hydroxylation is 2. The maximum atomic E-state index is 3.71. The molecular formula is C19H33N. The summed E-state index contributed by atoms with van der Waals surface area (Å²) in [6, 6.07) is 9.75. The van der Waals surface area contributed by atoms with Gasteiger partial charge in [0.15, 0.2) is 0 Å². The molecule has 0 radical (unpaired) electrons. The second-order valence-electron chi connectivity index (χ2n) is 6.94. The first-order chi connectivity index (χ1) is 9.47. The first kappa shape index (κ1) is 17.2. The van der Waals surface area contributed by atoms with Crippen molar-refractivity contribution in [3.05, 3.63) is 35.4 Å². The average Bonchev–Trinajstić information content (AvgIpc) is 2.42. The van der Waals surface area contributed by atoms with Crippen LogP contribution in [0, 0.1) is 5.41 Å². The molecular weight excluding hydrogens is 242 g/mol. The molecule has 1 aromatic rings. The molecule has 0 aliphatic heterocycles. The molecule has 0 heterocycles. The fourth-order valence-electron chi connectivity index (χ4n) is 2.61. The van der Waals surface area contributed by atoms with Gasteiger partial charge in [0.25, 0.3) is 0 Å². The molecule has 0 aliphatic carbocycles. The van der Waals surface area contributed by atoms with Crippen LogP contribution in [0.15, 0.2) is 24.3 Å². The van der Waals surface area contributed by atoms with Crippen molar-refractivity contribution >= 4 is 0 Å². The second kappa shape index (κ2) is 8.46. The number of nitrogens with one attached hydrogen (secondary N) is 1. The topological polar surface area (TPSA) is 12.0 Å². The Labute approximate surface area is 126 Å². The van der Waals surface area contributed by atoms with Crippen molar-refractivity contribution in [3.63, 3.8) is 0 Å². The summed E-state index contributed by atoms with van der Waals surface area (Å²) in [5.74, 6) is 0. The van der Waals surface area contributed by atoms with Crippen LogP contribution in [0.3, 0.4) is 0 Å². The van der Waals surface area contributed by atoms with E-state index in [9.17, 15) is 0 Å². The van der Waals surface area contributed by atoms with Crippen LogP contribution in [0.5, 0.6) is 0 Å². The highest BCUT2D eigenvalue weighted by Gasteiger charge is 2.23. The van der Waals surface area contributed by atoms with Gasteiger partial charge < -0.3 is 5.32 Å². The largest absolute Gasteiger partial charge is 0.313 e. The summed E-state index contributed by atoms with van der Waals surface area (Å²) in [6.07, 6.45) is 6.08. The number of benzene rings is 1. The lowest BCUT2D eigenvalue weighted by Gasteiger charge is -2.32. The summed E-state index contributed by atoms with van der Waals surface area (Å²) in [5.41, 5.74) is 3.26. The lowest BCUT2D eigenvalue weighted by atomic mass is 9.83. The van der Waals surface area contributed by atoms with Crippen LogP contribution in [0.25, 0.3) is 0 Å². The molecule has 0 spiro atoms. The minimum atomic E-state index is 0.348. The quantitative estimate of drug-likeness (QED) is 0.705. The molecule has 1 rings (SSSR count). The van der Waals surface area contributed by atoms with Gasteiger partial charge in [-0.25, -0.2) is 0 Å². The molecule has 1 unspecified atom stereocenters. The van der Waals surface area contributed by atoms with Gasteiger partial charge in [-0.15, -0.1) is 0 Å². The van der Waals surface area contributed by atoms with Gasteiger partial charge in [0.2, 0.25) is 0 Å². The lowest BCUT2D eigenvalue weighted by molar-refractivity contribution is 0.251. The second-order valence-corrected chi connectivity index (χ2v) is 6.94. The number of rotatable bonds is 8. The van der Waals surface area contributed by atoms with Crippen molar-refractivity contribution in [2.75, 3.05) is 6.54 Å². The molecule has 0 bridgehead atoms. The summed E-state index contributed by atoms with van der Waals surface area (Å²) in [7, 11) is 0. The van der Waals surface area contributed by atoms with Crippen molar-refractivity contribution < 1.29 is 0 Å². The fourth-order valence-corrected chi connectivity index (χ4v) is 2.61. The Hall–Kier alpha value is -0.820. The van der Waals surface area contributed by atoms with Crippen molar-refractivity contribution in [1.82, 2.24) is 5.32 Å². The molecule has 114 valence electrons. The molecule has 1 heteroatoms. The zero-order chi connectivity index (χ0) is 15.0. The van der Waals surface area contributed by atoms with Gasteiger partial charge in [0.05, 0.1) is 0 Å². The highest BCUT2D eigenvalue weighted by atomic mass is 14.9. The molecule has 1 nitrogen and oxygen atoms in total. The molecule has 0 fully saturated rings. The highest BCUT2D eigenvalue weighted by Crippen LogP contribution is 2.23. The van der Waals surface area contributed by atoms with Gasteiger partial charge >= 0.3 is 0 Å². The van der Waals surface area contributed by atoms with Crippen molar-refractivity contribution in [1.29, 1.82) is 0 Å². The molecule has 1 aromatic carbocycles. The predicted molar refractivity (Wildman–Crippen MR) is 90.3 cm³/mol. The molecule has 0 aliphatic rings. The van der Waals surface area contributed by atoms with Crippen LogP contribution >= 0.6 is 0 Å². The monoisotopic (exact) mass is 275 g/mol. The first-order valence-corrected chi connectivity index (χ1v) is 8.28. The van der Waals surface area contributed by atoms with Gasteiger partial charge in [-0.05, 0) is 55.2 Å². The molecule has 0 saturated heterocycles. The van der Waals surface area contributed by atoms with Crippen LogP contribution < -0.4 is 5.32 Å². The van der Waals surface area contributed by atoms with E-state index in [2.05, 4.69) is 64.2 Å². The van der Waals surface area contributed by atoms with E-state index in [4.69, 9.17) is 0 Å². The van der Waals surface area contributed by atoms with E-state index in [0.29, 0.717) is 11.5 Å². The van der Waals surface area contributed by atoms with Crippen LogP contribution in [-0.2, 0) is 12.8 Å². The maximum absolute atomic E-state index is 3.71. The Morgan fingerprint density at radius 3 is 2.10 bits per heavy atom. The standard InChI is InChI=1S/C19H33N/c1-6-15-20-18(19(3,4)5)10-8-9-17-13-11-16(7-2)12-14-17/h11-14,18,20H,6-10,15H2,1-5H3. The van der Waals surface area contributed by atoms with E-state index in [0.717, 1.165) is 13.0 Å². The van der Waals surface area contributed by atoms with E-state index in [1.165, 1.54) is 36.8 Å². The Balaban J connectivity index is 2.42. The fraction of sp³-hybridized carbons (Fsp3) is 0.684. The predicted octanol–water partition coefficient (Wildman–Crippen LogP) is 4.99. The smallest absolute Gasteiger partial charge is 0.0116 e. The summed E-state index contributed by atoms with van der Waals surface area (Å²) < 4.78 is 0. The van der Waals surface area contributed by atoms with Gasteiger partial charge in [-0.2, -0.15) is 0 Å². The SMILES string of the molecule is CCCNC(CCCc1ccc(CC)cc1)C(C)(C)C. The Morgan fingerprint density at radius 2 is 1.60 bits per heavy atom. The Kier molecular flexibility index (Phi) is 7.29. The van der Waals surface area contributed by atoms with Gasteiger partial charge in [-0.3, -0.25) is 0 Å². The normalized spacial score (nSPS) is 13.4. The summed E-state index contributed by atoms with van der Waals surface area (Å²) in [6.45, 7) is 12.6. The first-order valence-electron chi connectivity index (χ1n) is 8.28. The van der Waals surface area contributed by atoms with Crippen molar-refractivity contribution in [2.24, 2.45) is 5.41 Å². The minimum Gasteiger partial charge on any atom is -0.313 e. The van der Waals surface area contributed by atoms with Gasteiger partial charge in [-0.1, -0.05) is 58.9 Å². The zero-order valence-electron chi connectivity index (χ0n) is 14.1. The molecule has 1 N–H and O–H groups in total. The Morgan fingerprint density at radius 1 is 1.00 bits per heavy atom. The van der Waals surface area contributed by atoms with Gasteiger partial charge in [0, 0.05) is 6.04 Å². The average molecular weight is 275 g/mol. The molecule has 0 saturated carbocycles. The third-order valence-corrected chi connectivity index (χ3v) is 4.08. The van der Waals surface area contributed by atoms with Crippen LogP contribution in [0.1, 0.15) is 65.0 Å². The van der Waals surface area contributed by atoms with Crippen molar-refractivity contribution in [3.8, 4) is 0 Å². The van der Waals surface area contributed by atoms with E-state index in [1.54, 1.807) is 0 Å². The van der Waals surface area contributed by atoms with E-state index in [1.807, 2.05) is 0 Å². The van der Waals surface area contributed by atoms with Crippen LogP contribution in [0.2, 0.25) is 0 Å². The van der Waals surface area contributed by atoms with Gasteiger partial charge in [0.1, 0.15) is 0 Å². The minimum absolute atomic E-state index is 0.348. The summed E-state index contributed by atoms with van der Waals surface area (Å²) >= 11 is 0. The Bertz CT molecular complexity index is 358. The highest BCUT2D eigenvalue weighted by molar-refractivity contribution is 5.22. The third-order valence-electron chi connectivity index (χ3n) is 4.08. The zero-order valence-corrected chi connectivity index (χ0v) is 14.1. The number of hydrogen-bond acceptors (Lipinski definition) is 1. The molecule has 0 aromatic heterocycles. The maximum Gasteiger partial charge on any atom is 0.0116 e. The van der Waals surface area contributed by atoms with E-state index < -0.39 is 0 Å². The molecule has 0 amide bonds. The van der Waals surface area contributed by atoms with E-state index >= 15 is 0 Å². The van der Waals surface area contributed by atoms with E-state index in [-0.39, 0.29) is 0 Å². The van der Waals surface area contributed by atoms with Crippen LogP contribution in [0.4, 0.5) is 0 Å². The molecule has 20 heavy (non-hydrogen) atoms.